The van der Waals surface area contributed by atoms with Crippen LogP contribution in [0.4, 0.5) is 5.69 Å². The third kappa shape index (κ3) is 2.24. The van der Waals surface area contributed by atoms with Gasteiger partial charge < -0.3 is 10.4 Å². The van der Waals surface area contributed by atoms with E-state index in [1.807, 2.05) is 31.3 Å². The van der Waals surface area contributed by atoms with Crippen LogP contribution < -0.4 is 5.32 Å². The number of aliphatic hydroxyl groups excluding tert-OH is 1. The summed E-state index contributed by atoms with van der Waals surface area (Å²) in [5.74, 6) is 0. The largest absolute Gasteiger partial charge is 0.396 e. The zero-order valence-electron chi connectivity index (χ0n) is 6.67. The molecule has 0 saturated heterocycles. The fourth-order valence-corrected chi connectivity index (χ4v) is 0.967. The number of aliphatic hydroxyl groups is 1. The van der Waals surface area contributed by atoms with Crippen LogP contribution in [0.1, 0.15) is 5.56 Å². The molecule has 0 saturated carbocycles. The number of anilines is 1. The molecule has 0 radical (unpaired) electrons. The molecule has 0 fully saturated rings. The number of hydrogen-bond donors (Lipinski definition) is 2. The summed E-state index contributed by atoms with van der Waals surface area (Å²) in [4.78, 5) is 0. The van der Waals surface area contributed by atoms with E-state index >= 15 is 0 Å². The quantitative estimate of drug-likeness (QED) is 0.681. The Morgan fingerprint density at radius 1 is 1.27 bits per heavy atom. The predicted octanol–water partition coefficient (Wildman–Crippen LogP) is 1.26. The van der Waals surface area contributed by atoms with E-state index in [9.17, 15) is 0 Å². The van der Waals surface area contributed by atoms with Crippen LogP contribution in [-0.2, 0) is 6.42 Å². The summed E-state index contributed by atoms with van der Waals surface area (Å²) in [5, 5.41) is 11.7. The second-order valence-corrected chi connectivity index (χ2v) is 2.42. The van der Waals surface area contributed by atoms with Crippen molar-refractivity contribution in [1.29, 1.82) is 0 Å². The normalized spacial score (nSPS) is 9.64. The molecule has 11 heavy (non-hydrogen) atoms. The van der Waals surface area contributed by atoms with E-state index < -0.39 is 0 Å². The molecule has 0 spiro atoms. The van der Waals surface area contributed by atoms with E-state index in [-0.39, 0.29) is 6.61 Å². The fraction of sp³-hybridized carbons (Fsp3) is 0.333. The fourth-order valence-electron chi connectivity index (χ4n) is 0.967. The molecule has 1 rings (SSSR count). The molecule has 0 heterocycles. The first-order valence-corrected chi connectivity index (χ1v) is 3.74. The number of rotatable bonds is 3. The highest BCUT2D eigenvalue weighted by molar-refractivity contribution is 5.43. The van der Waals surface area contributed by atoms with Crippen molar-refractivity contribution in [2.24, 2.45) is 0 Å². The molecule has 0 unspecified atom stereocenters. The van der Waals surface area contributed by atoms with Crippen molar-refractivity contribution in [3.63, 3.8) is 0 Å². The molecule has 2 N–H and O–H groups in total. The predicted molar refractivity (Wildman–Crippen MR) is 46.8 cm³/mol. The molecule has 1 aromatic rings. The standard InChI is InChI=1S/C9H13NO/c1-10-9-4-2-8(3-5-9)6-7-11/h2-5,10-11H,6-7H2,1H3. The molecule has 60 valence electrons. The maximum Gasteiger partial charge on any atom is 0.0471 e. The van der Waals surface area contributed by atoms with Gasteiger partial charge in [0.1, 0.15) is 0 Å². The lowest BCUT2D eigenvalue weighted by Gasteiger charge is -2.00. The highest BCUT2D eigenvalue weighted by Gasteiger charge is 1.90. The van der Waals surface area contributed by atoms with Crippen LogP contribution >= 0.6 is 0 Å². The molecule has 0 amide bonds. The lowest BCUT2D eigenvalue weighted by molar-refractivity contribution is 0.299. The van der Waals surface area contributed by atoms with Crippen LogP contribution in [-0.4, -0.2) is 18.8 Å². The second-order valence-electron chi connectivity index (χ2n) is 2.42. The minimum atomic E-state index is 0.221. The third-order valence-corrected chi connectivity index (χ3v) is 1.64. The van der Waals surface area contributed by atoms with Gasteiger partial charge in [-0.3, -0.25) is 0 Å². The van der Waals surface area contributed by atoms with Crippen molar-refractivity contribution < 1.29 is 5.11 Å². The Morgan fingerprint density at radius 3 is 2.36 bits per heavy atom. The molecule has 0 bridgehead atoms. The molecular formula is C9H13NO. The lowest BCUT2D eigenvalue weighted by Crippen LogP contribution is -1.91. The number of benzene rings is 1. The summed E-state index contributed by atoms with van der Waals surface area (Å²) >= 11 is 0. The summed E-state index contributed by atoms with van der Waals surface area (Å²) in [6.45, 7) is 0.221. The lowest BCUT2D eigenvalue weighted by atomic mass is 10.1. The van der Waals surface area contributed by atoms with Crippen LogP contribution in [0.3, 0.4) is 0 Å². The van der Waals surface area contributed by atoms with Gasteiger partial charge in [0.25, 0.3) is 0 Å². The van der Waals surface area contributed by atoms with Crippen molar-refractivity contribution in [1.82, 2.24) is 0 Å². The van der Waals surface area contributed by atoms with Crippen molar-refractivity contribution in [3.8, 4) is 0 Å². The monoisotopic (exact) mass is 151 g/mol. The van der Waals surface area contributed by atoms with Crippen LogP contribution in [0.15, 0.2) is 24.3 Å². The average molecular weight is 151 g/mol. The Labute approximate surface area is 66.9 Å². The first-order valence-electron chi connectivity index (χ1n) is 3.74. The van der Waals surface area contributed by atoms with Crippen molar-refractivity contribution in [2.45, 2.75) is 6.42 Å². The van der Waals surface area contributed by atoms with Gasteiger partial charge in [-0.1, -0.05) is 12.1 Å². The highest BCUT2D eigenvalue weighted by atomic mass is 16.2. The van der Waals surface area contributed by atoms with Crippen LogP contribution in [0.25, 0.3) is 0 Å². The van der Waals surface area contributed by atoms with Crippen LogP contribution in [0.5, 0.6) is 0 Å². The number of nitrogens with one attached hydrogen (secondary N) is 1. The molecule has 1 aromatic carbocycles. The maximum atomic E-state index is 8.63. The van der Waals surface area contributed by atoms with E-state index in [0.717, 1.165) is 12.1 Å². The van der Waals surface area contributed by atoms with E-state index in [0.29, 0.717) is 0 Å². The van der Waals surface area contributed by atoms with Crippen LogP contribution in [0.2, 0.25) is 0 Å². The maximum absolute atomic E-state index is 8.63. The first kappa shape index (κ1) is 8.08. The second kappa shape index (κ2) is 3.98. The van der Waals surface area contributed by atoms with Gasteiger partial charge in [-0.25, -0.2) is 0 Å². The molecule has 2 nitrogen and oxygen atoms in total. The molecular weight excluding hydrogens is 138 g/mol. The minimum absolute atomic E-state index is 0.221. The Morgan fingerprint density at radius 2 is 1.91 bits per heavy atom. The molecule has 2 heteroatoms. The van der Waals surface area contributed by atoms with E-state index in [2.05, 4.69) is 5.32 Å². The van der Waals surface area contributed by atoms with Crippen molar-refractivity contribution >= 4 is 5.69 Å². The Kier molecular flexibility index (Phi) is 2.93. The Hall–Kier alpha value is -1.02. The zero-order valence-corrected chi connectivity index (χ0v) is 6.67. The van der Waals surface area contributed by atoms with Gasteiger partial charge in [-0.2, -0.15) is 0 Å². The van der Waals surface area contributed by atoms with E-state index in [1.165, 1.54) is 5.56 Å². The van der Waals surface area contributed by atoms with Crippen molar-refractivity contribution in [3.05, 3.63) is 29.8 Å². The molecule has 0 aliphatic rings. The zero-order chi connectivity index (χ0) is 8.10. The topological polar surface area (TPSA) is 32.3 Å². The molecule has 0 aromatic heterocycles. The van der Waals surface area contributed by atoms with E-state index in [4.69, 9.17) is 5.11 Å². The summed E-state index contributed by atoms with van der Waals surface area (Å²) in [6, 6.07) is 8.04. The first-order chi connectivity index (χ1) is 5.36. The smallest absolute Gasteiger partial charge is 0.0471 e. The summed E-state index contributed by atoms with van der Waals surface area (Å²) in [6.07, 6.45) is 0.740. The van der Waals surface area contributed by atoms with E-state index in [1.54, 1.807) is 0 Å². The van der Waals surface area contributed by atoms with Gasteiger partial charge in [0.15, 0.2) is 0 Å². The Balaban J connectivity index is 2.66. The SMILES string of the molecule is CNc1ccc(CCO)cc1. The minimum Gasteiger partial charge on any atom is -0.396 e. The summed E-state index contributed by atoms with van der Waals surface area (Å²) in [7, 11) is 1.89. The number of hydrogen-bond acceptors (Lipinski definition) is 2. The molecule has 0 aliphatic heterocycles. The van der Waals surface area contributed by atoms with Gasteiger partial charge in [0.2, 0.25) is 0 Å². The summed E-state index contributed by atoms with van der Waals surface area (Å²) in [5.41, 5.74) is 2.28. The molecule has 0 aliphatic carbocycles. The molecule has 0 atom stereocenters. The van der Waals surface area contributed by atoms with Crippen molar-refractivity contribution in [2.75, 3.05) is 19.0 Å². The van der Waals surface area contributed by atoms with Gasteiger partial charge in [-0.15, -0.1) is 0 Å². The summed E-state index contributed by atoms with van der Waals surface area (Å²) < 4.78 is 0. The van der Waals surface area contributed by atoms with Gasteiger partial charge >= 0.3 is 0 Å². The Bertz CT molecular complexity index is 205. The van der Waals surface area contributed by atoms with Gasteiger partial charge in [0, 0.05) is 19.3 Å². The highest BCUT2D eigenvalue weighted by Crippen LogP contribution is 2.08. The van der Waals surface area contributed by atoms with Gasteiger partial charge in [0.05, 0.1) is 0 Å². The van der Waals surface area contributed by atoms with Crippen LogP contribution in [0, 0.1) is 0 Å². The average Bonchev–Trinajstić information content (AvgIpc) is 2.07. The van der Waals surface area contributed by atoms with Gasteiger partial charge in [-0.05, 0) is 24.1 Å². The third-order valence-electron chi connectivity index (χ3n) is 1.64.